The van der Waals surface area contributed by atoms with Gasteiger partial charge >= 0.3 is 5.97 Å². The molecule has 1 aliphatic rings. The van der Waals surface area contributed by atoms with Crippen molar-refractivity contribution in [3.8, 4) is 11.5 Å². The van der Waals surface area contributed by atoms with Gasteiger partial charge in [-0.1, -0.05) is 0 Å². The highest BCUT2D eigenvalue weighted by Gasteiger charge is 2.24. The van der Waals surface area contributed by atoms with E-state index in [4.69, 9.17) is 14.2 Å². The lowest BCUT2D eigenvalue weighted by Gasteiger charge is -2.26. The Kier molecular flexibility index (Phi) is 4.69. The minimum atomic E-state index is -3.52. The van der Waals surface area contributed by atoms with E-state index in [0.717, 1.165) is 6.26 Å². The van der Waals surface area contributed by atoms with Gasteiger partial charge in [0.15, 0.2) is 17.6 Å². The minimum absolute atomic E-state index is 0.127. The normalized spacial score (nSPS) is 17.3. The molecule has 0 radical (unpaired) electrons. The summed E-state index contributed by atoms with van der Waals surface area (Å²) in [5.74, 6) is 0.402. The van der Waals surface area contributed by atoms with Gasteiger partial charge < -0.3 is 14.2 Å². The third-order valence-electron chi connectivity index (χ3n) is 2.64. The van der Waals surface area contributed by atoms with Crippen molar-refractivity contribution in [3.05, 3.63) is 23.8 Å². The van der Waals surface area contributed by atoms with Crippen LogP contribution in [0.2, 0.25) is 0 Å². The first-order chi connectivity index (χ1) is 9.89. The van der Waals surface area contributed by atoms with Crippen LogP contribution in [0.15, 0.2) is 18.2 Å². The highest BCUT2D eigenvalue weighted by Crippen LogP contribution is 2.32. The van der Waals surface area contributed by atoms with Gasteiger partial charge in [-0.15, -0.1) is 0 Å². The molecule has 0 fully saturated rings. The van der Waals surface area contributed by atoms with E-state index in [1.165, 1.54) is 6.07 Å². The third-order valence-corrected chi connectivity index (χ3v) is 3.21. The second-order valence-corrected chi connectivity index (χ2v) is 6.07. The van der Waals surface area contributed by atoms with Crippen LogP contribution in [0.4, 0.5) is 0 Å². The summed E-state index contributed by atoms with van der Waals surface area (Å²) in [6.45, 7) is 2.02. The first-order valence-electron chi connectivity index (χ1n) is 6.34. The second kappa shape index (κ2) is 6.31. The van der Waals surface area contributed by atoms with E-state index in [9.17, 15) is 13.2 Å². The van der Waals surface area contributed by atoms with E-state index < -0.39 is 22.2 Å². The molecule has 2 rings (SSSR count). The molecule has 0 bridgehead atoms. The maximum Gasteiger partial charge on any atom is 0.338 e. The molecule has 0 N–H and O–H groups in total. The highest BCUT2D eigenvalue weighted by atomic mass is 32.2. The molecule has 21 heavy (non-hydrogen) atoms. The number of benzene rings is 1. The Morgan fingerprint density at radius 3 is 2.81 bits per heavy atom. The molecule has 7 nitrogen and oxygen atoms in total. The van der Waals surface area contributed by atoms with Gasteiger partial charge in [-0.25, -0.2) is 4.79 Å². The van der Waals surface area contributed by atoms with Gasteiger partial charge in [0.25, 0.3) is 10.1 Å². The molecule has 0 aromatic heterocycles. The largest absolute Gasteiger partial charge is 0.486 e. The van der Waals surface area contributed by atoms with Crippen molar-refractivity contribution >= 4 is 16.1 Å². The predicted octanol–water partition coefficient (Wildman–Crippen LogP) is 0.979. The van der Waals surface area contributed by atoms with Crippen molar-refractivity contribution in [1.29, 1.82) is 0 Å². The maximum absolute atomic E-state index is 11.6. The number of hydrogen-bond donors (Lipinski definition) is 0. The Morgan fingerprint density at radius 1 is 1.38 bits per heavy atom. The van der Waals surface area contributed by atoms with E-state index in [-0.39, 0.29) is 19.8 Å². The lowest BCUT2D eigenvalue weighted by atomic mass is 10.2. The molecule has 1 aliphatic heterocycles. The summed E-state index contributed by atoms with van der Waals surface area (Å²) in [7, 11) is -3.52. The van der Waals surface area contributed by atoms with Crippen molar-refractivity contribution in [2.24, 2.45) is 0 Å². The van der Waals surface area contributed by atoms with Crippen LogP contribution in [0.5, 0.6) is 11.5 Å². The average Bonchev–Trinajstić information content (AvgIpc) is 2.44. The number of fused-ring (bicyclic) bond motifs is 1. The molecule has 1 atom stereocenters. The zero-order valence-corrected chi connectivity index (χ0v) is 12.5. The van der Waals surface area contributed by atoms with Gasteiger partial charge in [-0.3, -0.25) is 4.18 Å². The fraction of sp³-hybridized carbons (Fsp3) is 0.462. The molecule has 0 saturated heterocycles. The molecule has 1 heterocycles. The summed E-state index contributed by atoms with van der Waals surface area (Å²) in [5.41, 5.74) is 0.366. The van der Waals surface area contributed by atoms with E-state index in [2.05, 4.69) is 4.18 Å². The SMILES string of the molecule is CCOC(=O)c1ccc2c(c1)OCC(COS(C)(=O)=O)O2. The molecule has 0 aliphatic carbocycles. The molecule has 0 amide bonds. The van der Waals surface area contributed by atoms with Gasteiger partial charge in [0.2, 0.25) is 0 Å². The lowest BCUT2D eigenvalue weighted by molar-refractivity contribution is 0.0507. The highest BCUT2D eigenvalue weighted by molar-refractivity contribution is 7.85. The Morgan fingerprint density at radius 2 is 2.14 bits per heavy atom. The predicted molar refractivity (Wildman–Crippen MR) is 73.1 cm³/mol. The topological polar surface area (TPSA) is 88.1 Å². The van der Waals surface area contributed by atoms with Crippen LogP contribution in [-0.4, -0.2) is 46.6 Å². The fourth-order valence-corrected chi connectivity index (χ4v) is 2.14. The van der Waals surface area contributed by atoms with Crippen molar-refractivity contribution in [2.75, 3.05) is 26.1 Å². The Hall–Kier alpha value is -1.80. The van der Waals surface area contributed by atoms with Crippen molar-refractivity contribution in [3.63, 3.8) is 0 Å². The Labute approximate surface area is 122 Å². The number of rotatable bonds is 5. The second-order valence-electron chi connectivity index (χ2n) is 4.42. The summed E-state index contributed by atoms with van der Waals surface area (Å²) in [4.78, 5) is 11.6. The van der Waals surface area contributed by atoms with Crippen LogP contribution in [0.3, 0.4) is 0 Å². The summed E-state index contributed by atoms with van der Waals surface area (Å²) < 4.78 is 42.4. The number of hydrogen-bond acceptors (Lipinski definition) is 7. The van der Waals surface area contributed by atoms with Gasteiger partial charge in [0.05, 0.1) is 18.4 Å². The van der Waals surface area contributed by atoms with Gasteiger partial charge in [-0.05, 0) is 25.1 Å². The summed E-state index contributed by atoms with van der Waals surface area (Å²) in [6, 6.07) is 4.66. The Bertz CT molecular complexity index is 623. The van der Waals surface area contributed by atoms with Crippen molar-refractivity contribution in [2.45, 2.75) is 13.0 Å². The van der Waals surface area contributed by atoms with E-state index >= 15 is 0 Å². The van der Waals surface area contributed by atoms with Crippen LogP contribution in [0.1, 0.15) is 17.3 Å². The molecule has 1 aromatic carbocycles. The van der Waals surface area contributed by atoms with Crippen LogP contribution < -0.4 is 9.47 Å². The summed E-state index contributed by atoms with van der Waals surface area (Å²) in [5, 5.41) is 0. The summed E-state index contributed by atoms with van der Waals surface area (Å²) in [6.07, 6.45) is 0.441. The van der Waals surface area contributed by atoms with Crippen molar-refractivity contribution in [1.82, 2.24) is 0 Å². The van der Waals surface area contributed by atoms with Crippen LogP contribution in [0.25, 0.3) is 0 Å². The fourth-order valence-electron chi connectivity index (χ4n) is 1.74. The molecular formula is C13H16O7S. The number of carbonyl (C=O) groups excluding carboxylic acids is 1. The molecule has 1 unspecified atom stereocenters. The van der Waals surface area contributed by atoms with E-state index in [1.54, 1.807) is 19.1 Å². The average molecular weight is 316 g/mol. The van der Waals surface area contributed by atoms with Crippen LogP contribution >= 0.6 is 0 Å². The number of esters is 1. The standard InChI is InChI=1S/C13H16O7S/c1-3-17-13(14)9-4-5-11-12(6-9)18-7-10(20-11)8-19-21(2,15)16/h4-6,10H,3,7-8H2,1-2H3. The van der Waals surface area contributed by atoms with Crippen LogP contribution in [-0.2, 0) is 19.0 Å². The number of carbonyl (C=O) groups is 1. The monoisotopic (exact) mass is 316 g/mol. The zero-order valence-electron chi connectivity index (χ0n) is 11.7. The first kappa shape index (κ1) is 15.6. The summed E-state index contributed by atoms with van der Waals surface area (Å²) >= 11 is 0. The Balaban J connectivity index is 2.04. The molecule has 0 saturated carbocycles. The molecular weight excluding hydrogens is 300 g/mol. The third kappa shape index (κ3) is 4.33. The zero-order chi connectivity index (χ0) is 15.5. The lowest BCUT2D eigenvalue weighted by Crippen LogP contribution is -2.34. The van der Waals surface area contributed by atoms with Gasteiger partial charge in [-0.2, -0.15) is 8.42 Å². The molecule has 0 spiro atoms. The minimum Gasteiger partial charge on any atom is -0.486 e. The smallest absolute Gasteiger partial charge is 0.338 e. The first-order valence-corrected chi connectivity index (χ1v) is 8.15. The van der Waals surface area contributed by atoms with E-state index in [0.29, 0.717) is 17.1 Å². The molecule has 8 heteroatoms. The maximum atomic E-state index is 11.6. The van der Waals surface area contributed by atoms with E-state index in [1.807, 2.05) is 0 Å². The quantitative estimate of drug-likeness (QED) is 0.591. The van der Waals surface area contributed by atoms with Crippen molar-refractivity contribution < 1.29 is 31.6 Å². The molecule has 116 valence electrons. The van der Waals surface area contributed by atoms with Gasteiger partial charge in [0.1, 0.15) is 13.2 Å². The van der Waals surface area contributed by atoms with Crippen LogP contribution in [0, 0.1) is 0 Å². The number of ether oxygens (including phenoxy) is 3. The molecule has 1 aromatic rings. The van der Waals surface area contributed by atoms with Gasteiger partial charge in [0, 0.05) is 0 Å².